The lowest BCUT2D eigenvalue weighted by Gasteiger charge is -2.14. The van der Waals surface area contributed by atoms with Crippen LogP contribution >= 0.6 is 11.6 Å². The molecule has 0 saturated carbocycles. The number of hydrogen-bond donors (Lipinski definition) is 1. The van der Waals surface area contributed by atoms with E-state index in [-0.39, 0.29) is 6.04 Å². The Balaban J connectivity index is 2.25. The second-order valence-electron chi connectivity index (χ2n) is 5.44. The van der Waals surface area contributed by atoms with Gasteiger partial charge in [0.1, 0.15) is 5.75 Å². The number of benzene rings is 1. The van der Waals surface area contributed by atoms with Crippen molar-refractivity contribution in [2.45, 2.75) is 64.8 Å². The van der Waals surface area contributed by atoms with E-state index in [0.29, 0.717) is 5.02 Å². The minimum absolute atomic E-state index is 0.0576. The second kappa shape index (κ2) is 10.1. The van der Waals surface area contributed by atoms with E-state index in [1.165, 1.54) is 38.5 Å². The van der Waals surface area contributed by atoms with Gasteiger partial charge < -0.3 is 10.5 Å². The van der Waals surface area contributed by atoms with Crippen molar-refractivity contribution in [3.8, 4) is 5.75 Å². The molecule has 0 aliphatic carbocycles. The number of nitrogens with two attached hydrogens (primary N) is 1. The molecule has 0 fully saturated rings. The molecule has 2 N–H and O–H groups in total. The maximum absolute atomic E-state index is 5.99. The van der Waals surface area contributed by atoms with Crippen LogP contribution in [0.15, 0.2) is 18.2 Å². The van der Waals surface area contributed by atoms with Crippen LogP contribution in [0.3, 0.4) is 0 Å². The predicted molar refractivity (Wildman–Crippen MR) is 87.5 cm³/mol. The Labute approximate surface area is 128 Å². The van der Waals surface area contributed by atoms with Crippen LogP contribution in [0.4, 0.5) is 0 Å². The van der Waals surface area contributed by atoms with Crippen LogP contribution in [0.5, 0.6) is 5.75 Å². The second-order valence-corrected chi connectivity index (χ2v) is 5.88. The maximum atomic E-state index is 5.99. The van der Waals surface area contributed by atoms with Crippen LogP contribution in [0.2, 0.25) is 5.02 Å². The van der Waals surface area contributed by atoms with Crippen LogP contribution < -0.4 is 10.5 Å². The molecular weight excluding hydrogens is 270 g/mol. The third-order valence-corrected chi connectivity index (χ3v) is 3.70. The Hall–Kier alpha value is -0.730. The Bertz CT molecular complexity index is 379. The highest BCUT2D eigenvalue weighted by atomic mass is 35.5. The summed E-state index contributed by atoms with van der Waals surface area (Å²) in [6, 6.07) is 5.61. The maximum Gasteiger partial charge on any atom is 0.124 e. The van der Waals surface area contributed by atoms with E-state index in [0.717, 1.165) is 24.3 Å². The molecule has 1 aromatic rings. The SMILES string of the molecule is CCCCCCCCCOc1ccc(Cl)cc1[C@H](C)N. The quantitative estimate of drug-likeness (QED) is 0.580. The summed E-state index contributed by atoms with van der Waals surface area (Å²) in [6.45, 7) is 4.96. The van der Waals surface area contributed by atoms with Gasteiger partial charge in [0, 0.05) is 16.6 Å². The van der Waals surface area contributed by atoms with E-state index in [1.54, 1.807) is 0 Å². The molecule has 0 bridgehead atoms. The molecule has 1 aromatic carbocycles. The summed E-state index contributed by atoms with van der Waals surface area (Å²) in [7, 11) is 0. The fourth-order valence-electron chi connectivity index (χ4n) is 2.25. The third kappa shape index (κ3) is 6.62. The molecule has 0 unspecified atom stereocenters. The largest absolute Gasteiger partial charge is 0.493 e. The third-order valence-electron chi connectivity index (χ3n) is 3.47. The number of unbranched alkanes of at least 4 members (excludes halogenated alkanes) is 6. The van der Waals surface area contributed by atoms with Crippen molar-refractivity contribution in [2.75, 3.05) is 6.61 Å². The molecule has 114 valence electrons. The molecule has 2 nitrogen and oxygen atoms in total. The zero-order valence-electron chi connectivity index (χ0n) is 12.8. The summed E-state index contributed by atoms with van der Waals surface area (Å²) in [6.07, 6.45) is 9.03. The van der Waals surface area contributed by atoms with Gasteiger partial charge in [0.25, 0.3) is 0 Å². The normalized spacial score (nSPS) is 12.4. The number of hydrogen-bond acceptors (Lipinski definition) is 2. The highest BCUT2D eigenvalue weighted by molar-refractivity contribution is 6.30. The average molecular weight is 298 g/mol. The first kappa shape index (κ1) is 17.3. The lowest BCUT2D eigenvalue weighted by atomic mass is 10.1. The minimum atomic E-state index is -0.0576. The highest BCUT2D eigenvalue weighted by Gasteiger charge is 2.08. The monoisotopic (exact) mass is 297 g/mol. The van der Waals surface area contributed by atoms with Crippen molar-refractivity contribution in [1.82, 2.24) is 0 Å². The van der Waals surface area contributed by atoms with Crippen molar-refractivity contribution >= 4 is 11.6 Å². The molecule has 0 heterocycles. The number of rotatable bonds is 10. The molecular formula is C17H28ClNO. The van der Waals surface area contributed by atoms with Crippen LogP contribution in [-0.4, -0.2) is 6.61 Å². The summed E-state index contributed by atoms with van der Waals surface area (Å²) < 4.78 is 5.84. The summed E-state index contributed by atoms with van der Waals surface area (Å²) in [5.74, 6) is 0.871. The van der Waals surface area contributed by atoms with Gasteiger partial charge in [-0.25, -0.2) is 0 Å². The Morgan fingerprint density at radius 3 is 2.40 bits per heavy atom. The minimum Gasteiger partial charge on any atom is -0.493 e. The van der Waals surface area contributed by atoms with Gasteiger partial charge in [-0.05, 0) is 31.5 Å². The molecule has 0 saturated heterocycles. The summed E-state index contributed by atoms with van der Waals surface area (Å²) in [5.41, 5.74) is 6.93. The fraction of sp³-hybridized carbons (Fsp3) is 0.647. The summed E-state index contributed by atoms with van der Waals surface area (Å²) in [4.78, 5) is 0. The average Bonchev–Trinajstić information content (AvgIpc) is 2.43. The van der Waals surface area contributed by atoms with E-state index >= 15 is 0 Å². The molecule has 0 aromatic heterocycles. The molecule has 0 radical (unpaired) electrons. The fourth-order valence-corrected chi connectivity index (χ4v) is 2.43. The Morgan fingerprint density at radius 1 is 1.10 bits per heavy atom. The van der Waals surface area contributed by atoms with Gasteiger partial charge in [-0.3, -0.25) is 0 Å². The summed E-state index contributed by atoms with van der Waals surface area (Å²) >= 11 is 5.99. The first-order valence-electron chi connectivity index (χ1n) is 7.83. The predicted octanol–water partition coefficient (Wildman–Crippen LogP) is 5.49. The standard InChI is InChI=1S/C17H28ClNO/c1-3-4-5-6-7-8-9-12-20-17-11-10-15(18)13-16(17)14(2)19/h10-11,13-14H,3-9,12,19H2,1-2H3/t14-/m0/s1. The van der Waals surface area contributed by atoms with E-state index in [9.17, 15) is 0 Å². The van der Waals surface area contributed by atoms with Crippen LogP contribution in [0.25, 0.3) is 0 Å². The van der Waals surface area contributed by atoms with E-state index in [2.05, 4.69) is 6.92 Å². The zero-order chi connectivity index (χ0) is 14.8. The lowest BCUT2D eigenvalue weighted by Crippen LogP contribution is -2.08. The topological polar surface area (TPSA) is 35.2 Å². The molecule has 1 atom stereocenters. The van der Waals surface area contributed by atoms with E-state index in [1.807, 2.05) is 25.1 Å². The van der Waals surface area contributed by atoms with Crippen molar-refractivity contribution in [3.63, 3.8) is 0 Å². The first-order valence-corrected chi connectivity index (χ1v) is 8.20. The highest BCUT2D eigenvalue weighted by Crippen LogP contribution is 2.27. The van der Waals surface area contributed by atoms with Crippen molar-refractivity contribution in [2.24, 2.45) is 5.73 Å². The Kier molecular flexibility index (Phi) is 8.72. The first-order chi connectivity index (χ1) is 9.65. The smallest absolute Gasteiger partial charge is 0.124 e. The van der Waals surface area contributed by atoms with Crippen LogP contribution in [-0.2, 0) is 0 Å². The van der Waals surface area contributed by atoms with Crippen molar-refractivity contribution < 1.29 is 4.74 Å². The van der Waals surface area contributed by atoms with Crippen LogP contribution in [0, 0.1) is 0 Å². The van der Waals surface area contributed by atoms with Gasteiger partial charge in [-0.1, -0.05) is 57.0 Å². The molecule has 3 heteroatoms. The van der Waals surface area contributed by atoms with Gasteiger partial charge >= 0.3 is 0 Å². The van der Waals surface area contributed by atoms with Gasteiger partial charge in [0.15, 0.2) is 0 Å². The molecule has 0 amide bonds. The van der Waals surface area contributed by atoms with E-state index < -0.39 is 0 Å². The van der Waals surface area contributed by atoms with Gasteiger partial charge in [0.05, 0.1) is 6.61 Å². The van der Waals surface area contributed by atoms with Gasteiger partial charge in [-0.15, -0.1) is 0 Å². The molecule has 0 aliphatic rings. The molecule has 0 aliphatic heterocycles. The zero-order valence-corrected chi connectivity index (χ0v) is 13.6. The number of ether oxygens (including phenoxy) is 1. The van der Waals surface area contributed by atoms with Gasteiger partial charge in [0.2, 0.25) is 0 Å². The summed E-state index contributed by atoms with van der Waals surface area (Å²) in [5, 5.41) is 0.709. The van der Waals surface area contributed by atoms with Crippen molar-refractivity contribution in [3.05, 3.63) is 28.8 Å². The van der Waals surface area contributed by atoms with Crippen LogP contribution in [0.1, 0.15) is 70.4 Å². The van der Waals surface area contributed by atoms with E-state index in [4.69, 9.17) is 22.1 Å². The lowest BCUT2D eigenvalue weighted by molar-refractivity contribution is 0.300. The molecule has 0 spiro atoms. The van der Waals surface area contributed by atoms with Crippen molar-refractivity contribution in [1.29, 1.82) is 0 Å². The molecule has 1 rings (SSSR count). The Morgan fingerprint density at radius 2 is 1.75 bits per heavy atom. The van der Waals surface area contributed by atoms with Gasteiger partial charge in [-0.2, -0.15) is 0 Å². The molecule has 20 heavy (non-hydrogen) atoms. The number of halogens is 1.